The van der Waals surface area contributed by atoms with Gasteiger partial charge in [0.05, 0.1) is 11.4 Å². The predicted molar refractivity (Wildman–Crippen MR) is 103 cm³/mol. The molecule has 0 aliphatic carbocycles. The molecule has 0 radical (unpaired) electrons. The van der Waals surface area contributed by atoms with Gasteiger partial charge in [-0.2, -0.15) is 14.6 Å². The van der Waals surface area contributed by atoms with E-state index in [0.717, 1.165) is 41.3 Å². The quantitative estimate of drug-likeness (QED) is 0.763. The highest BCUT2D eigenvalue weighted by Crippen LogP contribution is 2.35. The van der Waals surface area contributed by atoms with Crippen LogP contribution in [0.3, 0.4) is 0 Å². The summed E-state index contributed by atoms with van der Waals surface area (Å²) in [4.78, 5) is 11.2. The molecule has 1 N–H and O–H groups in total. The molecule has 1 aliphatic heterocycles. The normalized spacial score (nSPS) is 16.9. The van der Waals surface area contributed by atoms with Crippen molar-refractivity contribution in [2.75, 3.05) is 24.2 Å². The molecule has 1 atom stereocenters. The molecule has 1 aromatic carbocycles. The van der Waals surface area contributed by atoms with Crippen molar-refractivity contribution in [1.29, 1.82) is 4.78 Å². The summed E-state index contributed by atoms with van der Waals surface area (Å²) in [7, 11) is -2.55. The molecule has 2 aromatic heterocycles. The third-order valence-corrected chi connectivity index (χ3v) is 5.56. The van der Waals surface area contributed by atoms with E-state index in [1.54, 1.807) is 6.33 Å². The van der Waals surface area contributed by atoms with E-state index in [1.165, 1.54) is 19.1 Å². The van der Waals surface area contributed by atoms with E-state index in [4.69, 9.17) is 4.78 Å². The van der Waals surface area contributed by atoms with Gasteiger partial charge in [-0.05, 0) is 30.9 Å². The van der Waals surface area contributed by atoms with Gasteiger partial charge in [0, 0.05) is 34.6 Å². The molecule has 3 aromatic rings. The highest BCUT2D eigenvalue weighted by atomic mass is 32.2. The fraction of sp³-hybridized carbons (Fsp3) is 0.389. The van der Waals surface area contributed by atoms with Gasteiger partial charge < -0.3 is 4.90 Å². The molecular weight excluding hydrogens is 348 g/mol. The van der Waals surface area contributed by atoms with Crippen LogP contribution in [0.25, 0.3) is 16.9 Å². The molecule has 1 fully saturated rings. The summed E-state index contributed by atoms with van der Waals surface area (Å²) in [6.45, 7) is 4.00. The molecule has 4 rings (SSSR count). The number of aromatic nitrogens is 4. The molecule has 0 bridgehead atoms. The molecule has 3 heterocycles. The zero-order chi connectivity index (χ0) is 18.3. The smallest absolute Gasteiger partial charge is 0.254 e. The molecule has 7 nitrogen and oxygen atoms in total. The number of nitrogens with zero attached hydrogens (tertiary/aromatic N) is 5. The number of nitrogens with one attached hydrogen (secondary N) is 1. The Hall–Kier alpha value is -2.48. The first-order chi connectivity index (χ1) is 12.4. The van der Waals surface area contributed by atoms with Crippen LogP contribution in [0.2, 0.25) is 0 Å². The lowest BCUT2D eigenvalue weighted by Gasteiger charge is -2.23. The van der Waals surface area contributed by atoms with Crippen molar-refractivity contribution in [3.63, 3.8) is 0 Å². The van der Waals surface area contributed by atoms with Crippen molar-refractivity contribution in [3.8, 4) is 11.1 Å². The minimum atomic E-state index is -2.55. The van der Waals surface area contributed by atoms with Gasteiger partial charge in [-0.3, -0.25) is 4.78 Å². The summed E-state index contributed by atoms with van der Waals surface area (Å²) in [6, 6.07) is 7.94. The van der Waals surface area contributed by atoms with Crippen molar-refractivity contribution < 1.29 is 4.21 Å². The summed E-state index contributed by atoms with van der Waals surface area (Å²) in [5.74, 6) is 1.92. The molecule has 26 heavy (non-hydrogen) atoms. The number of benzene rings is 1. The van der Waals surface area contributed by atoms with E-state index in [1.807, 2.05) is 35.7 Å². The molecule has 1 unspecified atom stereocenters. The van der Waals surface area contributed by atoms with Gasteiger partial charge >= 0.3 is 0 Å². The van der Waals surface area contributed by atoms with Crippen molar-refractivity contribution in [2.24, 2.45) is 0 Å². The number of hydrogen-bond donors (Lipinski definition) is 1. The fourth-order valence-electron chi connectivity index (χ4n) is 3.58. The van der Waals surface area contributed by atoms with Crippen LogP contribution in [-0.4, -0.2) is 43.1 Å². The number of aryl methyl sites for hydroxylation is 1. The largest absolute Gasteiger partial charge is 0.356 e. The standard InChI is InChI=1S/C18H22N6OS/c1-13-16(15-7-5-14(6-8-15)11-26(2,19)25)17(23-9-3-4-10-23)24-18(22-13)20-12-21-24/h5-8,12,19H,3-4,9-11H2,1-2H3. The lowest BCUT2D eigenvalue weighted by molar-refractivity contribution is 0.678. The lowest BCUT2D eigenvalue weighted by atomic mass is 10.0. The summed E-state index contributed by atoms with van der Waals surface area (Å²) < 4.78 is 21.2. The summed E-state index contributed by atoms with van der Waals surface area (Å²) in [5.41, 5.74) is 3.93. The number of fused-ring (bicyclic) bond motifs is 1. The molecule has 8 heteroatoms. The van der Waals surface area contributed by atoms with E-state index in [2.05, 4.69) is 20.0 Å². The SMILES string of the molecule is Cc1nc2ncnn2c(N2CCCC2)c1-c1ccc(CS(C)(=N)=O)cc1. The minimum Gasteiger partial charge on any atom is -0.356 e. The number of anilines is 1. The Morgan fingerprint density at radius 3 is 2.54 bits per heavy atom. The van der Waals surface area contributed by atoms with Gasteiger partial charge in [0.1, 0.15) is 12.1 Å². The highest BCUT2D eigenvalue weighted by molar-refractivity contribution is 7.90. The first-order valence-electron chi connectivity index (χ1n) is 8.68. The van der Waals surface area contributed by atoms with Crippen LogP contribution >= 0.6 is 0 Å². The summed E-state index contributed by atoms with van der Waals surface area (Å²) in [5, 5.41) is 4.40. The minimum absolute atomic E-state index is 0.269. The summed E-state index contributed by atoms with van der Waals surface area (Å²) in [6.07, 6.45) is 5.36. The maximum atomic E-state index is 11.7. The van der Waals surface area contributed by atoms with Gasteiger partial charge in [-0.1, -0.05) is 24.3 Å². The van der Waals surface area contributed by atoms with Crippen molar-refractivity contribution in [2.45, 2.75) is 25.5 Å². The van der Waals surface area contributed by atoms with Gasteiger partial charge in [-0.15, -0.1) is 0 Å². The van der Waals surface area contributed by atoms with Crippen molar-refractivity contribution in [1.82, 2.24) is 19.6 Å². The van der Waals surface area contributed by atoms with Crippen LogP contribution in [0.15, 0.2) is 30.6 Å². The maximum Gasteiger partial charge on any atom is 0.254 e. The topological polar surface area (TPSA) is 87.2 Å². The van der Waals surface area contributed by atoms with Gasteiger partial charge in [0.2, 0.25) is 0 Å². The average Bonchev–Trinajstić information content (AvgIpc) is 3.24. The highest BCUT2D eigenvalue weighted by Gasteiger charge is 2.23. The molecule has 0 amide bonds. The van der Waals surface area contributed by atoms with Crippen molar-refractivity contribution in [3.05, 3.63) is 41.9 Å². The van der Waals surface area contributed by atoms with Crippen LogP contribution < -0.4 is 4.90 Å². The fourth-order valence-corrected chi connectivity index (χ4v) is 4.41. The van der Waals surface area contributed by atoms with Gasteiger partial charge in [0.25, 0.3) is 5.78 Å². The van der Waals surface area contributed by atoms with Crippen LogP contribution in [-0.2, 0) is 15.5 Å². The average molecular weight is 370 g/mol. The number of rotatable bonds is 4. The van der Waals surface area contributed by atoms with E-state index in [0.29, 0.717) is 5.78 Å². The molecular formula is C18H22N6OS. The third-order valence-electron chi connectivity index (χ3n) is 4.67. The van der Waals surface area contributed by atoms with E-state index in [9.17, 15) is 4.21 Å². The second kappa shape index (κ2) is 6.35. The first-order valence-corrected chi connectivity index (χ1v) is 10.8. The zero-order valence-corrected chi connectivity index (χ0v) is 15.8. The predicted octanol–water partition coefficient (Wildman–Crippen LogP) is 2.88. The Labute approximate surface area is 153 Å². The number of hydrogen-bond acceptors (Lipinski definition) is 6. The Morgan fingerprint density at radius 1 is 1.19 bits per heavy atom. The lowest BCUT2D eigenvalue weighted by Crippen LogP contribution is -2.23. The zero-order valence-electron chi connectivity index (χ0n) is 15.0. The van der Waals surface area contributed by atoms with E-state index in [-0.39, 0.29) is 5.75 Å². The first kappa shape index (κ1) is 17.0. The second-order valence-electron chi connectivity index (χ2n) is 6.91. The van der Waals surface area contributed by atoms with Crippen LogP contribution in [0.1, 0.15) is 24.1 Å². The van der Waals surface area contributed by atoms with Crippen LogP contribution in [0.5, 0.6) is 0 Å². The monoisotopic (exact) mass is 370 g/mol. The Morgan fingerprint density at radius 2 is 1.88 bits per heavy atom. The Kier molecular flexibility index (Phi) is 4.14. The third kappa shape index (κ3) is 3.16. The second-order valence-corrected chi connectivity index (χ2v) is 9.21. The molecule has 136 valence electrons. The maximum absolute atomic E-state index is 11.7. The molecule has 1 aliphatic rings. The van der Waals surface area contributed by atoms with Gasteiger partial charge in [0.15, 0.2) is 0 Å². The Balaban J connectivity index is 1.85. The molecule has 1 saturated heterocycles. The van der Waals surface area contributed by atoms with E-state index >= 15 is 0 Å². The van der Waals surface area contributed by atoms with Gasteiger partial charge in [-0.25, -0.2) is 9.19 Å². The molecule has 0 saturated carbocycles. The van der Waals surface area contributed by atoms with Crippen LogP contribution in [0.4, 0.5) is 5.82 Å². The van der Waals surface area contributed by atoms with E-state index < -0.39 is 9.73 Å². The Bertz CT molecular complexity index is 1050. The molecule has 0 spiro atoms. The van der Waals surface area contributed by atoms with Crippen molar-refractivity contribution >= 4 is 21.3 Å². The van der Waals surface area contributed by atoms with Crippen LogP contribution in [0, 0.1) is 11.7 Å². The summed E-state index contributed by atoms with van der Waals surface area (Å²) >= 11 is 0.